The van der Waals surface area contributed by atoms with Crippen LogP contribution in [0, 0.1) is 5.92 Å². The van der Waals surface area contributed by atoms with Crippen LogP contribution in [-0.4, -0.2) is 22.6 Å². The first-order valence-electron chi connectivity index (χ1n) is 8.17. The Morgan fingerprint density at radius 1 is 1.33 bits per heavy atom. The molecule has 0 spiro atoms. The predicted molar refractivity (Wildman–Crippen MR) is 84.9 cm³/mol. The van der Waals surface area contributed by atoms with Crippen LogP contribution in [0.25, 0.3) is 0 Å². The Labute approximate surface area is 127 Å². The van der Waals surface area contributed by atoms with Crippen molar-refractivity contribution in [1.82, 2.24) is 4.98 Å². The van der Waals surface area contributed by atoms with Crippen LogP contribution in [0.5, 0.6) is 0 Å². The molecule has 1 aliphatic rings. The minimum absolute atomic E-state index is 0.327. The summed E-state index contributed by atoms with van der Waals surface area (Å²) in [5.41, 5.74) is 1.19. The molecule has 0 aliphatic heterocycles. The third kappa shape index (κ3) is 5.03. The highest BCUT2D eigenvalue weighted by atomic mass is 16.4. The topological polar surface area (TPSA) is 62.2 Å². The molecule has 0 saturated heterocycles. The third-order valence-electron chi connectivity index (χ3n) is 4.21. The maximum Gasteiger partial charge on any atom is 0.335 e. The lowest BCUT2D eigenvalue weighted by atomic mass is 9.87. The molecule has 2 rings (SSSR count). The zero-order valence-corrected chi connectivity index (χ0v) is 12.9. The van der Waals surface area contributed by atoms with Gasteiger partial charge in [-0.05, 0) is 30.9 Å². The van der Waals surface area contributed by atoms with E-state index in [2.05, 4.69) is 17.2 Å². The van der Waals surface area contributed by atoms with E-state index in [1.807, 2.05) is 0 Å². The van der Waals surface area contributed by atoms with Crippen LogP contribution in [0.4, 0.5) is 5.82 Å². The van der Waals surface area contributed by atoms with Crippen LogP contribution < -0.4 is 5.32 Å². The minimum Gasteiger partial charge on any atom is -0.478 e. The Hall–Kier alpha value is -1.58. The molecule has 1 fully saturated rings. The largest absolute Gasteiger partial charge is 0.478 e. The molecule has 0 aromatic carbocycles. The predicted octanol–water partition coefficient (Wildman–Crippen LogP) is 4.11. The van der Waals surface area contributed by atoms with Gasteiger partial charge >= 0.3 is 5.97 Å². The summed E-state index contributed by atoms with van der Waals surface area (Å²) in [5, 5.41) is 12.5. The van der Waals surface area contributed by atoms with E-state index in [1.165, 1.54) is 32.1 Å². The van der Waals surface area contributed by atoms with Gasteiger partial charge in [0.05, 0.1) is 5.56 Å². The summed E-state index contributed by atoms with van der Waals surface area (Å²) in [6, 6.07) is 3.32. The second-order valence-electron chi connectivity index (χ2n) is 6.01. The van der Waals surface area contributed by atoms with E-state index in [4.69, 9.17) is 0 Å². The standard InChI is InChI=1S/C17H26N2O2/c1-2-6-15-11-14(17(20)21)12-16(19-15)18-10-9-13-7-4-3-5-8-13/h11-13H,2-10H2,1H3,(H,18,19)(H,20,21). The van der Waals surface area contributed by atoms with Gasteiger partial charge in [0.25, 0.3) is 0 Å². The summed E-state index contributed by atoms with van der Waals surface area (Å²) in [6.45, 7) is 2.96. The minimum atomic E-state index is -0.884. The lowest BCUT2D eigenvalue weighted by Gasteiger charge is -2.21. The van der Waals surface area contributed by atoms with Gasteiger partial charge in [-0.25, -0.2) is 9.78 Å². The third-order valence-corrected chi connectivity index (χ3v) is 4.21. The highest BCUT2D eigenvalue weighted by Crippen LogP contribution is 2.26. The number of carboxylic acids is 1. The second-order valence-corrected chi connectivity index (χ2v) is 6.01. The molecule has 1 saturated carbocycles. The highest BCUT2D eigenvalue weighted by Gasteiger charge is 2.13. The van der Waals surface area contributed by atoms with E-state index in [9.17, 15) is 9.90 Å². The molecule has 0 bridgehead atoms. The lowest BCUT2D eigenvalue weighted by molar-refractivity contribution is 0.0696. The highest BCUT2D eigenvalue weighted by molar-refractivity contribution is 5.88. The molecule has 2 N–H and O–H groups in total. The maximum atomic E-state index is 11.2. The normalized spacial score (nSPS) is 15.9. The number of hydrogen-bond acceptors (Lipinski definition) is 3. The summed E-state index contributed by atoms with van der Waals surface area (Å²) >= 11 is 0. The van der Waals surface area contributed by atoms with Crippen LogP contribution in [0.3, 0.4) is 0 Å². The van der Waals surface area contributed by atoms with Crippen molar-refractivity contribution in [2.45, 2.75) is 58.3 Å². The number of aromatic carboxylic acids is 1. The van der Waals surface area contributed by atoms with Crippen molar-refractivity contribution in [3.8, 4) is 0 Å². The van der Waals surface area contributed by atoms with Gasteiger partial charge < -0.3 is 10.4 Å². The number of nitrogens with one attached hydrogen (secondary N) is 1. The fraction of sp³-hybridized carbons (Fsp3) is 0.647. The average Bonchev–Trinajstić information content (AvgIpc) is 2.48. The number of aryl methyl sites for hydroxylation is 1. The van der Waals surface area contributed by atoms with Gasteiger partial charge in [-0.15, -0.1) is 0 Å². The summed E-state index contributed by atoms with van der Waals surface area (Å²) in [7, 11) is 0. The first kappa shape index (κ1) is 15.8. The SMILES string of the molecule is CCCc1cc(C(=O)O)cc(NCCC2CCCCC2)n1. The van der Waals surface area contributed by atoms with Gasteiger partial charge in [0.1, 0.15) is 5.82 Å². The van der Waals surface area contributed by atoms with Gasteiger partial charge in [-0.2, -0.15) is 0 Å². The van der Waals surface area contributed by atoms with E-state index in [1.54, 1.807) is 12.1 Å². The monoisotopic (exact) mass is 290 g/mol. The molecule has 116 valence electrons. The van der Waals surface area contributed by atoms with Crippen LogP contribution in [0.1, 0.15) is 67.9 Å². The second kappa shape index (κ2) is 8.01. The molecular formula is C17H26N2O2. The summed E-state index contributed by atoms with van der Waals surface area (Å²) in [4.78, 5) is 15.7. The van der Waals surface area contributed by atoms with Crippen molar-refractivity contribution in [2.24, 2.45) is 5.92 Å². The van der Waals surface area contributed by atoms with Crippen molar-refractivity contribution >= 4 is 11.8 Å². The quantitative estimate of drug-likeness (QED) is 0.793. The van der Waals surface area contributed by atoms with Crippen LogP contribution >= 0.6 is 0 Å². The smallest absolute Gasteiger partial charge is 0.335 e. The van der Waals surface area contributed by atoms with Gasteiger partial charge in [-0.1, -0.05) is 45.4 Å². The van der Waals surface area contributed by atoms with Gasteiger partial charge in [-0.3, -0.25) is 0 Å². The van der Waals surface area contributed by atoms with Gasteiger partial charge in [0.15, 0.2) is 0 Å². The van der Waals surface area contributed by atoms with Crippen molar-refractivity contribution in [1.29, 1.82) is 0 Å². The number of aromatic nitrogens is 1. The molecule has 4 nitrogen and oxygen atoms in total. The number of pyridine rings is 1. The van der Waals surface area contributed by atoms with E-state index in [0.29, 0.717) is 11.4 Å². The van der Waals surface area contributed by atoms with E-state index in [0.717, 1.165) is 37.4 Å². The number of anilines is 1. The fourth-order valence-electron chi connectivity index (χ4n) is 3.07. The van der Waals surface area contributed by atoms with E-state index in [-0.39, 0.29) is 0 Å². The van der Waals surface area contributed by atoms with E-state index >= 15 is 0 Å². The van der Waals surface area contributed by atoms with Crippen LogP contribution in [0.2, 0.25) is 0 Å². The Morgan fingerprint density at radius 3 is 2.76 bits per heavy atom. The van der Waals surface area contributed by atoms with Gasteiger partial charge in [0, 0.05) is 12.2 Å². The van der Waals surface area contributed by atoms with Crippen molar-refractivity contribution in [3.63, 3.8) is 0 Å². The molecule has 1 aromatic rings. The number of nitrogens with zero attached hydrogens (tertiary/aromatic N) is 1. The summed E-state index contributed by atoms with van der Waals surface area (Å²) < 4.78 is 0. The first-order valence-corrected chi connectivity index (χ1v) is 8.17. The molecule has 4 heteroatoms. The Balaban J connectivity index is 1.92. The number of carboxylic acid groups (broad SMARTS) is 1. The Kier molecular flexibility index (Phi) is 6.03. The molecule has 21 heavy (non-hydrogen) atoms. The molecular weight excluding hydrogens is 264 g/mol. The maximum absolute atomic E-state index is 11.2. The van der Waals surface area contributed by atoms with Crippen LogP contribution in [0.15, 0.2) is 12.1 Å². The van der Waals surface area contributed by atoms with Crippen molar-refractivity contribution in [3.05, 3.63) is 23.4 Å². The molecule has 0 atom stereocenters. The Bertz CT molecular complexity index is 468. The van der Waals surface area contributed by atoms with Gasteiger partial charge in [0.2, 0.25) is 0 Å². The van der Waals surface area contributed by atoms with E-state index < -0.39 is 5.97 Å². The molecule has 1 heterocycles. The van der Waals surface area contributed by atoms with Crippen LogP contribution in [-0.2, 0) is 6.42 Å². The van der Waals surface area contributed by atoms with Crippen molar-refractivity contribution < 1.29 is 9.90 Å². The summed E-state index contributed by atoms with van der Waals surface area (Å²) in [5.74, 6) is 0.642. The molecule has 0 radical (unpaired) electrons. The first-order chi connectivity index (χ1) is 10.2. The molecule has 1 aliphatic carbocycles. The lowest BCUT2D eigenvalue weighted by Crippen LogP contribution is -2.13. The summed E-state index contributed by atoms with van der Waals surface area (Å²) in [6.07, 6.45) is 9.72. The van der Waals surface area contributed by atoms with Crippen molar-refractivity contribution in [2.75, 3.05) is 11.9 Å². The average molecular weight is 290 g/mol. The Morgan fingerprint density at radius 2 is 2.10 bits per heavy atom. The molecule has 0 amide bonds. The fourth-order valence-corrected chi connectivity index (χ4v) is 3.07. The number of carbonyl (C=O) groups is 1. The number of rotatable bonds is 7. The zero-order chi connectivity index (χ0) is 15.1. The molecule has 0 unspecified atom stereocenters. The zero-order valence-electron chi connectivity index (χ0n) is 12.9. The molecule has 1 aromatic heterocycles. The number of hydrogen-bond donors (Lipinski definition) is 2.